The highest BCUT2D eigenvalue weighted by molar-refractivity contribution is 5.90. The number of hydrogen-bond donors (Lipinski definition) is 1. The lowest BCUT2D eigenvalue weighted by atomic mass is 10.0. The average molecular weight is 244 g/mol. The van der Waals surface area contributed by atoms with Crippen LogP contribution in [0.25, 0.3) is 0 Å². The third kappa shape index (κ3) is 3.16. The quantitative estimate of drug-likeness (QED) is 0.895. The summed E-state index contributed by atoms with van der Waals surface area (Å²) in [5.41, 5.74) is 2.05. The van der Waals surface area contributed by atoms with Gasteiger partial charge >= 0.3 is 0 Å². The number of hydrogen-bond acceptors (Lipinski definition) is 3. The van der Waals surface area contributed by atoms with Crippen molar-refractivity contribution in [1.82, 2.24) is 14.8 Å². The second-order valence-corrected chi connectivity index (χ2v) is 4.42. The van der Waals surface area contributed by atoms with Crippen LogP contribution in [0.1, 0.15) is 25.3 Å². The van der Waals surface area contributed by atoms with Crippen molar-refractivity contribution in [3.05, 3.63) is 42.5 Å². The predicted molar refractivity (Wildman–Crippen MR) is 69.2 cm³/mol. The first-order valence-corrected chi connectivity index (χ1v) is 5.87. The maximum atomic E-state index is 11.7. The highest BCUT2D eigenvalue weighted by atomic mass is 16.2. The Bertz CT molecular complexity index is 502. The van der Waals surface area contributed by atoms with E-state index in [1.54, 1.807) is 0 Å². The maximum Gasteiger partial charge on any atom is 0.246 e. The third-order valence-electron chi connectivity index (χ3n) is 2.63. The predicted octanol–water partition coefficient (Wildman–Crippen LogP) is 2.04. The Labute approximate surface area is 106 Å². The van der Waals surface area contributed by atoms with Crippen LogP contribution < -0.4 is 5.32 Å². The number of carbonyl (C=O) groups is 1. The maximum absolute atomic E-state index is 11.7. The summed E-state index contributed by atoms with van der Waals surface area (Å²) in [5.74, 6) is 0.377. The molecular weight excluding hydrogens is 228 g/mol. The summed E-state index contributed by atoms with van der Waals surface area (Å²) in [4.78, 5) is 15.5. The van der Waals surface area contributed by atoms with E-state index in [1.165, 1.54) is 22.9 Å². The Morgan fingerprint density at radius 2 is 2.06 bits per heavy atom. The molecule has 2 rings (SSSR count). The minimum Gasteiger partial charge on any atom is -0.324 e. The van der Waals surface area contributed by atoms with Crippen LogP contribution in [-0.2, 0) is 11.3 Å². The lowest BCUT2D eigenvalue weighted by molar-refractivity contribution is -0.116. The van der Waals surface area contributed by atoms with Gasteiger partial charge in [0.05, 0.1) is 0 Å². The van der Waals surface area contributed by atoms with Crippen LogP contribution in [0, 0.1) is 0 Å². The molecule has 1 N–H and O–H groups in total. The standard InChI is InChI=1S/C13H16N4O/c1-10(2)11-3-5-12(6-4-11)16-13(18)7-17-9-14-8-15-17/h3-6,8-10H,7H2,1-2H3,(H,16,18). The zero-order valence-corrected chi connectivity index (χ0v) is 10.5. The number of benzene rings is 1. The molecule has 0 aliphatic rings. The van der Waals surface area contributed by atoms with E-state index < -0.39 is 0 Å². The smallest absolute Gasteiger partial charge is 0.246 e. The van der Waals surface area contributed by atoms with Crippen molar-refractivity contribution in [2.24, 2.45) is 0 Å². The van der Waals surface area contributed by atoms with Crippen LogP contribution in [0.3, 0.4) is 0 Å². The number of rotatable bonds is 4. The Balaban J connectivity index is 1.95. The van der Waals surface area contributed by atoms with Crippen molar-refractivity contribution in [3.8, 4) is 0 Å². The minimum atomic E-state index is -0.113. The van der Waals surface area contributed by atoms with Gasteiger partial charge in [-0.05, 0) is 23.6 Å². The molecule has 18 heavy (non-hydrogen) atoms. The van der Waals surface area contributed by atoms with Crippen molar-refractivity contribution in [2.75, 3.05) is 5.32 Å². The van der Waals surface area contributed by atoms with E-state index >= 15 is 0 Å². The first-order valence-electron chi connectivity index (χ1n) is 5.87. The molecule has 5 heteroatoms. The number of aromatic nitrogens is 3. The summed E-state index contributed by atoms with van der Waals surface area (Å²) in [6, 6.07) is 7.87. The van der Waals surface area contributed by atoms with Gasteiger partial charge in [-0.1, -0.05) is 26.0 Å². The summed E-state index contributed by atoms with van der Waals surface area (Å²) < 4.78 is 1.48. The van der Waals surface area contributed by atoms with Crippen LogP contribution in [0.5, 0.6) is 0 Å². The molecule has 94 valence electrons. The van der Waals surface area contributed by atoms with Gasteiger partial charge in [0.1, 0.15) is 19.2 Å². The van der Waals surface area contributed by atoms with Crippen molar-refractivity contribution in [2.45, 2.75) is 26.3 Å². The van der Waals surface area contributed by atoms with Crippen molar-refractivity contribution < 1.29 is 4.79 Å². The zero-order valence-electron chi connectivity index (χ0n) is 10.5. The van der Waals surface area contributed by atoms with Crippen LogP contribution >= 0.6 is 0 Å². The topological polar surface area (TPSA) is 59.8 Å². The number of nitrogens with zero attached hydrogens (tertiary/aromatic N) is 3. The van der Waals surface area contributed by atoms with Gasteiger partial charge in [-0.25, -0.2) is 9.67 Å². The minimum absolute atomic E-state index is 0.113. The fourth-order valence-electron chi connectivity index (χ4n) is 1.61. The second kappa shape index (κ2) is 5.44. The van der Waals surface area contributed by atoms with Crippen LogP contribution in [0.2, 0.25) is 0 Å². The van der Waals surface area contributed by atoms with E-state index in [9.17, 15) is 4.79 Å². The zero-order chi connectivity index (χ0) is 13.0. The first kappa shape index (κ1) is 12.3. The molecule has 0 atom stereocenters. The fraction of sp³-hybridized carbons (Fsp3) is 0.308. The lowest BCUT2D eigenvalue weighted by Crippen LogP contribution is -2.18. The molecule has 0 saturated heterocycles. The van der Waals surface area contributed by atoms with Crippen molar-refractivity contribution in [1.29, 1.82) is 0 Å². The summed E-state index contributed by atoms with van der Waals surface area (Å²) >= 11 is 0. The van der Waals surface area contributed by atoms with Gasteiger partial charge in [0, 0.05) is 5.69 Å². The Morgan fingerprint density at radius 1 is 1.33 bits per heavy atom. The Morgan fingerprint density at radius 3 is 2.61 bits per heavy atom. The molecule has 1 amide bonds. The molecule has 1 heterocycles. The molecule has 0 spiro atoms. The molecule has 0 aliphatic carbocycles. The molecular formula is C13H16N4O. The monoisotopic (exact) mass is 244 g/mol. The van der Waals surface area contributed by atoms with E-state index in [2.05, 4.69) is 29.2 Å². The summed E-state index contributed by atoms with van der Waals surface area (Å²) in [7, 11) is 0. The van der Waals surface area contributed by atoms with E-state index in [0.717, 1.165) is 5.69 Å². The molecule has 0 aliphatic heterocycles. The number of carbonyl (C=O) groups excluding carboxylic acids is 1. The van der Waals surface area contributed by atoms with Crippen LogP contribution in [0.15, 0.2) is 36.9 Å². The molecule has 0 fully saturated rings. The highest BCUT2D eigenvalue weighted by Crippen LogP contribution is 2.16. The summed E-state index contributed by atoms with van der Waals surface area (Å²) in [6.45, 7) is 4.45. The van der Waals surface area contributed by atoms with E-state index in [0.29, 0.717) is 5.92 Å². The summed E-state index contributed by atoms with van der Waals surface area (Å²) in [5, 5.41) is 6.70. The number of nitrogens with one attached hydrogen (secondary N) is 1. The van der Waals surface area contributed by atoms with Crippen LogP contribution in [0.4, 0.5) is 5.69 Å². The van der Waals surface area contributed by atoms with Gasteiger partial charge in [-0.2, -0.15) is 5.10 Å². The van der Waals surface area contributed by atoms with Gasteiger partial charge in [0.25, 0.3) is 0 Å². The normalized spacial score (nSPS) is 10.6. The Hall–Kier alpha value is -2.17. The van der Waals surface area contributed by atoms with Crippen molar-refractivity contribution >= 4 is 11.6 Å². The molecule has 2 aromatic rings. The van der Waals surface area contributed by atoms with E-state index in [4.69, 9.17) is 0 Å². The van der Waals surface area contributed by atoms with Gasteiger partial charge in [-0.3, -0.25) is 4.79 Å². The Kier molecular flexibility index (Phi) is 3.72. The van der Waals surface area contributed by atoms with Gasteiger partial charge in [-0.15, -0.1) is 0 Å². The largest absolute Gasteiger partial charge is 0.324 e. The van der Waals surface area contributed by atoms with Gasteiger partial charge in [0.2, 0.25) is 5.91 Å². The SMILES string of the molecule is CC(C)c1ccc(NC(=O)Cn2cncn2)cc1. The molecule has 0 saturated carbocycles. The molecule has 0 radical (unpaired) electrons. The number of anilines is 1. The highest BCUT2D eigenvalue weighted by Gasteiger charge is 2.04. The third-order valence-corrected chi connectivity index (χ3v) is 2.63. The molecule has 0 bridgehead atoms. The van der Waals surface area contributed by atoms with Gasteiger partial charge in [0.15, 0.2) is 0 Å². The summed E-state index contributed by atoms with van der Waals surface area (Å²) in [6.07, 6.45) is 2.92. The molecule has 1 aromatic heterocycles. The van der Waals surface area contributed by atoms with Crippen LogP contribution in [-0.4, -0.2) is 20.7 Å². The number of amides is 1. The van der Waals surface area contributed by atoms with Gasteiger partial charge < -0.3 is 5.32 Å². The molecule has 1 aromatic carbocycles. The van der Waals surface area contributed by atoms with E-state index in [-0.39, 0.29) is 12.5 Å². The van der Waals surface area contributed by atoms with Crippen molar-refractivity contribution in [3.63, 3.8) is 0 Å². The lowest BCUT2D eigenvalue weighted by Gasteiger charge is -2.08. The molecule has 5 nitrogen and oxygen atoms in total. The van der Waals surface area contributed by atoms with E-state index in [1.807, 2.05) is 24.3 Å². The second-order valence-electron chi connectivity index (χ2n) is 4.42. The average Bonchev–Trinajstić information content (AvgIpc) is 2.82. The molecule has 0 unspecified atom stereocenters. The first-order chi connectivity index (χ1) is 8.65. The fourth-order valence-corrected chi connectivity index (χ4v) is 1.61.